The summed E-state index contributed by atoms with van der Waals surface area (Å²) in [4.78, 5) is 18.8. The molecule has 0 spiro atoms. The van der Waals surface area contributed by atoms with Crippen LogP contribution in [0.4, 0.5) is 0 Å². The minimum absolute atomic E-state index is 0.279. The molecule has 0 unspecified atom stereocenters. The number of imidazole rings is 1. The lowest BCUT2D eigenvalue weighted by Gasteiger charge is -2.04. The monoisotopic (exact) mass is 244 g/mol. The van der Waals surface area contributed by atoms with Crippen molar-refractivity contribution < 1.29 is 9.90 Å². The Morgan fingerprint density at radius 3 is 2.89 bits per heavy atom. The van der Waals surface area contributed by atoms with E-state index in [1.807, 2.05) is 6.07 Å². The molecule has 1 aliphatic rings. The van der Waals surface area contributed by atoms with Gasteiger partial charge in [0.2, 0.25) is 0 Å². The van der Waals surface area contributed by atoms with Crippen molar-refractivity contribution in [3.05, 3.63) is 29.6 Å². The third-order valence-corrected chi connectivity index (χ3v) is 3.75. The van der Waals surface area contributed by atoms with E-state index >= 15 is 0 Å². The first-order chi connectivity index (χ1) is 8.74. The number of fused-ring (bicyclic) bond motifs is 1. The van der Waals surface area contributed by atoms with Gasteiger partial charge in [0.05, 0.1) is 11.1 Å². The highest BCUT2D eigenvalue weighted by molar-refractivity contribution is 6.00. The summed E-state index contributed by atoms with van der Waals surface area (Å²) < 4.78 is 0. The van der Waals surface area contributed by atoms with Crippen molar-refractivity contribution in [3.63, 3.8) is 0 Å². The van der Waals surface area contributed by atoms with Gasteiger partial charge < -0.3 is 10.1 Å². The Labute approximate surface area is 105 Å². The lowest BCUT2D eigenvalue weighted by atomic mass is 10.0. The summed E-state index contributed by atoms with van der Waals surface area (Å²) in [6, 6.07) is 5.24. The Kier molecular flexibility index (Phi) is 2.78. The molecular weight excluding hydrogens is 228 g/mol. The number of benzene rings is 1. The van der Waals surface area contributed by atoms with Crippen molar-refractivity contribution >= 4 is 17.0 Å². The third-order valence-electron chi connectivity index (χ3n) is 3.75. The highest BCUT2D eigenvalue weighted by Crippen LogP contribution is 2.28. The van der Waals surface area contributed by atoms with Crippen LogP contribution in [-0.2, 0) is 6.42 Å². The normalized spacial score (nSPS) is 16.4. The Hall–Kier alpha value is -1.84. The number of aromatic amines is 1. The van der Waals surface area contributed by atoms with E-state index in [0.717, 1.165) is 17.8 Å². The Morgan fingerprint density at radius 2 is 2.17 bits per heavy atom. The molecule has 3 rings (SSSR count). The Bertz CT molecular complexity index is 582. The zero-order valence-electron chi connectivity index (χ0n) is 10.1. The maximum Gasteiger partial charge on any atom is 0.337 e. The fourth-order valence-electron chi connectivity index (χ4n) is 2.84. The van der Waals surface area contributed by atoms with Gasteiger partial charge in [-0.1, -0.05) is 31.7 Å². The van der Waals surface area contributed by atoms with Gasteiger partial charge >= 0.3 is 5.97 Å². The van der Waals surface area contributed by atoms with Crippen molar-refractivity contribution in [2.24, 2.45) is 5.92 Å². The molecule has 94 valence electrons. The van der Waals surface area contributed by atoms with Crippen LogP contribution in [0.5, 0.6) is 0 Å². The molecule has 1 heterocycles. The smallest absolute Gasteiger partial charge is 0.337 e. The minimum atomic E-state index is -0.917. The lowest BCUT2D eigenvalue weighted by Crippen LogP contribution is -2.00. The standard InChI is InChI=1S/C14H16N2O2/c17-14(18)10-6-3-7-11-13(10)16-12(15-11)8-9-4-1-2-5-9/h3,6-7,9H,1-2,4-5,8H2,(H,15,16)(H,17,18). The second-order valence-electron chi connectivity index (χ2n) is 5.04. The topological polar surface area (TPSA) is 66.0 Å². The highest BCUT2D eigenvalue weighted by Gasteiger charge is 2.18. The third kappa shape index (κ3) is 1.98. The maximum absolute atomic E-state index is 11.1. The fraction of sp³-hybridized carbons (Fsp3) is 0.429. The number of hydrogen-bond acceptors (Lipinski definition) is 2. The molecule has 1 aromatic heterocycles. The molecule has 1 saturated carbocycles. The van der Waals surface area contributed by atoms with Gasteiger partial charge in [0, 0.05) is 6.42 Å². The van der Waals surface area contributed by atoms with E-state index in [0.29, 0.717) is 11.4 Å². The summed E-state index contributed by atoms with van der Waals surface area (Å²) in [5.74, 6) is 0.712. The van der Waals surface area contributed by atoms with Gasteiger partial charge in [-0.15, -0.1) is 0 Å². The SMILES string of the molecule is O=C(O)c1cccc2[nH]c(CC3CCCC3)nc12. The minimum Gasteiger partial charge on any atom is -0.478 e. The number of carboxylic acid groups (broad SMARTS) is 1. The quantitative estimate of drug-likeness (QED) is 0.872. The summed E-state index contributed by atoms with van der Waals surface area (Å²) in [5.41, 5.74) is 1.68. The van der Waals surface area contributed by atoms with Gasteiger partial charge in [-0.3, -0.25) is 0 Å². The van der Waals surface area contributed by atoms with Crippen molar-refractivity contribution in [1.82, 2.24) is 9.97 Å². The first-order valence-corrected chi connectivity index (χ1v) is 6.45. The molecule has 1 aliphatic carbocycles. The molecule has 1 fully saturated rings. The van der Waals surface area contributed by atoms with E-state index in [9.17, 15) is 4.79 Å². The van der Waals surface area contributed by atoms with Crippen LogP contribution in [-0.4, -0.2) is 21.0 Å². The fourth-order valence-corrected chi connectivity index (χ4v) is 2.84. The van der Waals surface area contributed by atoms with E-state index in [4.69, 9.17) is 5.11 Å². The van der Waals surface area contributed by atoms with E-state index < -0.39 is 5.97 Å². The van der Waals surface area contributed by atoms with Gasteiger partial charge in [-0.05, 0) is 18.1 Å². The Balaban J connectivity index is 1.94. The molecule has 0 atom stereocenters. The largest absolute Gasteiger partial charge is 0.478 e. The number of aromatic nitrogens is 2. The van der Waals surface area contributed by atoms with Gasteiger partial charge in [-0.2, -0.15) is 0 Å². The molecule has 18 heavy (non-hydrogen) atoms. The summed E-state index contributed by atoms with van der Waals surface area (Å²) in [6.45, 7) is 0. The van der Waals surface area contributed by atoms with Crippen LogP contribution in [0.3, 0.4) is 0 Å². The predicted molar refractivity (Wildman–Crippen MR) is 68.7 cm³/mol. The molecule has 1 aromatic carbocycles. The molecule has 0 radical (unpaired) electrons. The first kappa shape index (κ1) is 11.3. The van der Waals surface area contributed by atoms with E-state index in [1.165, 1.54) is 25.7 Å². The van der Waals surface area contributed by atoms with Crippen LogP contribution in [0.1, 0.15) is 41.9 Å². The molecule has 2 aromatic rings. The van der Waals surface area contributed by atoms with Crippen LogP contribution >= 0.6 is 0 Å². The van der Waals surface area contributed by atoms with Crippen LogP contribution in [0.25, 0.3) is 11.0 Å². The number of H-pyrrole nitrogens is 1. The summed E-state index contributed by atoms with van der Waals surface area (Å²) in [7, 11) is 0. The number of aromatic carboxylic acids is 1. The van der Waals surface area contributed by atoms with E-state index in [1.54, 1.807) is 12.1 Å². The number of para-hydroxylation sites is 1. The summed E-state index contributed by atoms with van der Waals surface area (Å²) in [6.07, 6.45) is 6.09. The molecular formula is C14H16N2O2. The molecule has 2 N–H and O–H groups in total. The Morgan fingerprint density at radius 1 is 1.39 bits per heavy atom. The average Bonchev–Trinajstić information content (AvgIpc) is 2.96. The number of carbonyl (C=O) groups is 1. The van der Waals surface area contributed by atoms with E-state index in [2.05, 4.69) is 9.97 Å². The number of rotatable bonds is 3. The van der Waals surface area contributed by atoms with Crippen LogP contribution < -0.4 is 0 Å². The summed E-state index contributed by atoms with van der Waals surface area (Å²) >= 11 is 0. The second kappa shape index (κ2) is 4.44. The van der Waals surface area contributed by atoms with Crippen LogP contribution in [0.15, 0.2) is 18.2 Å². The van der Waals surface area contributed by atoms with Crippen LogP contribution in [0.2, 0.25) is 0 Å². The average molecular weight is 244 g/mol. The van der Waals surface area contributed by atoms with Gasteiger partial charge in [-0.25, -0.2) is 9.78 Å². The van der Waals surface area contributed by atoms with Crippen molar-refractivity contribution in [2.75, 3.05) is 0 Å². The number of nitrogens with zero attached hydrogens (tertiary/aromatic N) is 1. The zero-order chi connectivity index (χ0) is 12.5. The number of nitrogens with one attached hydrogen (secondary N) is 1. The molecule has 4 heteroatoms. The molecule has 0 bridgehead atoms. The molecule has 4 nitrogen and oxygen atoms in total. The highest BCUT2D eigenvalue weighted by atomic mass is 16.4. The van der Waals surface area contributed by atoms with Crippen LogP contribution in [0, 0.1) is 5.92 Å². The predicted octanol–water partition coefficient (Wildman–Crippen LogP) is 2.99. The van der Waals surface area contributed by atoms with Gasteiger partial charge in [0.25, 0.3) is 0 Å². The van der Waals surface area contributed by atoms with Crippen molar-refractivity contribution in [1.29, 1.82) is 0 Å². The second-order valence-corrected chi connectivity index (χ2v) is 5.04. The number of carboxylic acids is 1. The van der Waals surface area contributed by atoms with Gasteiger partial charge in [0.1, 0.15) is 11.3 Å². The molecule has 0 saturated heterocycles. The zero-order valence-corrected chi connectivity index (χ0v) is 10.1. The lowest BCUT2D eigenvalue weighted by molar-refractivity contribution is 0.0699. The first-order valence-electron chi connectivity index (χ1n) is 6.45. The van der Waals surface area contributed by atoms with Crippen molar-refractivity contribution in [3.8, 4) is 0 Å². The summed E-state index contributed by atoms with van der Waals surface area (Å²) in [5, 5.41) is 9.12. The number of hydrogen-bond donors (Lipinski definition) is 2. The maximum atomic E-state index is 11.1. The van der Waals surface area contributed by atoms with E-state index in [-0.39, 0.29) is 5.56 Å². The molecule has 0 aliphatic heterocycles. The molecule has 0 amide bonds. The van der Waals surface area contributed by atoms with Gasteiger partial charge in [0.15, 0.2) is 0 Å². The van der Waals surface area contributed by atoms with Crippen molar-refractivity contribution in [2.45, 2.75) is 32.1 Å².